The van der Waals surface area contributed by atoms with Crippen molar-refractivity contribution in [2.24, 2.45) is 0 Å². The summed E-state index contributed by atoms with van der Waals surface area (Å²) in [6.07, 6.45) is 1.62. The normalized spacial score (nSPS) is 11.0. The summed E-state index contributed by atoms with van der Waals surface area (Å²) in [4.78, 5) is 17.1. The number of hydrogen-bond acceptors (Lipinski definition) is 2. The van der Waals surface area contributed by atoms with Crippen molar-refractivity contribution in [1.29, 1.82) is 0 Å². The number of hydrogen-bond donors (Lipinski definition) is 1. The minimum atomic E-state index is -0.0501. The molecule has 0 unspecified atom stereocenters. The van der Waals surface area contributed by atoms with Gasteiger partial charge in [-0.05, 0) is 60.5 Å². The maximum absolute atomic E-state index is 12.3. The van der Waals surface area contributed by atoms with Crippen molar-refractivity contribution in [3.8, 4) is 0 Å². The SMILES string of the molecule is O=C(NCCCc1nc2ccccc2n1Cc1ccc(Br)cc1)c1ccc(Br)cc1. The van der Waals surface area contributed by atoms with Crippen LogP contribution in [0, 0.1) is 0 Å². The number of aryl methyl sites for hydroxylation is 1. The number of fused-ring (bicyclic) bond motifs is 1. The summed E-state index contributed by atoms with van der Waals surface area (Å²) in [5.74, 6) is 0.989. The zero-order chi connectivity index (χ0) is 20.9. The van der Waals surface area contributed by atoms with Gasteiger partial charge in [-0.25, -0.2) is 4.98 Å². The van der Waals surface area contributed by atoms with Crippen LogP contribution in [0.5, 0.6) is 0 Å². The summed E-state index contributed by atoms with van der Waals surface area (Å²) in [7, 11) is 0. The number of imidazole rings is 1. The quantitative estimate of drug-likeness (QED) is 0.301. The largest absolute Gasteiger partial charge is 0.352 e. The third kappa shape index (κ3) is 4.99. The predicted octanol–water partition coefficient (Wildman–Crippen LogP) is 5.97. The van der Waals surface area contributed by atoms with Crippen molar-refractivity contribution in [2.75, 3.05) is 6.54 Å². The highest BCUT2D eigenvalue weighted by Crippen LogP contribution is 2.20. The summed E-state index contributed by atoms with van der Waals surface area (Å²) in [6, 6.07) is 24.0. The molecule has 0 saturated heterocycles. The van der Waals surface area contributed by atoms with E-state index in [4.69, 9.17) is 4.98 Å². The summed E-state index contributed by atoms with van der Waals surface area (Å²) >= 11 is 6.89. The highest BCUT2D eigenvalue weighted by molar-refractivity contribution is 9.10. The molecule has 1 N–H and O–H groups in total. The van der Waals surface area contributed by atoms with Gasteiger partial charge in [0.25, 0.3) is 5.91 Å². The molecule has 6 heteroatoms. The molecule has 0 aliphatic carbocycles. The molecule has 4 nitrogen and oxygen atoms in total. The molecule has 0 spiro atoms. The molecule has 0 saturated carbocycles. The lowest BCUT2D eigenvalue weighted by Crippen LogP contribution is -2.25. The van der Waals surface area contributed by atoms with Gasteiger partial charge in [0.1, 0.15) is 5.82 Å². The van der Waals surface area contributed by atoms with Gasteiger partial charge in [-0.1, -0.05) is 56.1 Å². The van der Waals surface area contributed by atoms with Crippen LogP contribution in [-0.4, -0.2) is 22.0 Å². The maximum atomic E-state index is 12.3. The van der Waals surface area contributed by atoms with Gasteiger partial charge in [0, 0.05) is 34.0 Å². The van der Waals surface area contributed by atoms with Crippen LogP contribution in [-0.2, 0) is 13.0 Å². The summed E-state index contributed by atoms with van der Waals surface area (Å²) in [5.41, 5.74) is 4.03. The Hall–Kier alpha value is -2.44. The molecule has 0 radical (unpaired) electrons. The van der Waals surface area contributed by atoms with Crippen molar-refractivity contribution in [2.45, 2.75) is 19.4 Å². The van der Waals surface area contributed by atoms with Crippen molar-refractivity contribution >= 4 is 48.8 Å². The Morgan fingerprint density at radius 2 is 1.57 bits per heavy atom. The van der Waals surface area contributed by atoms with Crippen molar-refractivity contribution in [3.05, 3.63) is 98.7 Å². The molecular weight excluding hydrogens is 506 g/mol. The van der Waals surface area contributed by atoms with Crippen LogP contribution >= 0.6 is 31.9 Å². The van der Waals surface area contributed by atoms with E-state index >= 15 is 0 Å². The van der Waals surface area contributed by atoms with Crippen LogP contribution in [0.25, 0.3) is 11.0 Å². The molecule has 0 aliphatic heterocycles. The average molecular weight is 527 g/mol. The number of amides is 1. The summed E-state index contributed by atoms with van der Waals surface area (Å²) in [5, 5.41) is 3.00. The zero-order valence-corrected chi connectivity index (χ0v) is 19.5. The fraction of sp³-hybridized carbons (Fsp3) is 0.167. The first-order valence-electron chi connectivity index (χ1n) is 9.82. The van der Waals surface area contributed by atoms with Gasteiger partial charge in [0.2, 0.25) is 0 Å². The molecule has 30 heavy (non-hydrogen) atoms. The molecule has 1 heterocycles. The van der Waals surface area contributed by atoms with E-state index in [1.807, 2.05) is 42.5 Å². The highest BCUT2D eigenvalue weighted by atomic mass is 79.9. The number of benzene rings is 3. The number of para-hydroxylation sites is 2. The second-order valence-electron chi connectivity index (χ2n) is 7.10. The highest BCUT2D eigenvalue weighted by Gasteiger charge is 2.11. The van der Waals surface area contributed by atoms with E-state index < -0.39 is 0 Å². The molecular formula is C24H21Br2N3O. The lowest BCUT2D eigenvalue weighted by atomic mass is 10.2. The van der Waals surface area contributed by atoms with E-state index in [-0.39, 0.29) is 5.91 Å². The number of carbonyl (C=O) groups is 1. The molecule has 0 aliphatic rings. The zero-order valence-electron chi connectivity index (χ0n) is 16.3. The Balaban J connectivity index is 1.43. The Morgan fingerprint density at radius 3 is 2.30 bits per heavy atom. The van der Waals surface area contributed by atoms with Crippen molar-refractivity contribution < 1.29 is 4.79 Å². The van der Waals surface area contributed by atoms with Gasteiger partial charge in [0.05, 0.1) is 11.0 Å². The first-order chi connectivity index (χ1) is 14.6. The first kappa shape index (κ1) is 20.8. The van der Waals surface area contributed by atoms with E-state index in [2.05, 4.69) is 72.1 Å². The minimum absolute atomic E-state index is 0.0501. The van der Waals surface area contributed by atoms with Crippen LogP contribution in [0.15, 0.2) is 81.7 Å². The Labute approximate surface area is 192 Å². The van der Waals surface area contributed by atoms with E-state index in [1.54, 1.807) is 0 Å². The number of nitrogens with zero attached hydrogens (tertiary/aromatic N) is 2. The molecule has 0 bridgehead atoms. The van der Waals surface area contributed by atoms with Crippen LogP contribution < -0.4 is 5.32 Å². The number of aromatic nitrogens is 2. The Kier molecular flexibility index (Phi) is 6.65. The van der Waals surface area contributed by atoms with Crippen LogP contribution in [0.1, 0.15) is 28.2 Å². The van der Waals surface area contributed by atoms with E-state index in [9.17, 15) is 4.79 Å². The van der Waals surface area contributed by atoms with E-state index in [1.165, 1.54) is 5.56 Å². The second kappa shape index (κ2) is 9.58. The number of rotatable bonds is 7. The van der Waals surface area contributed by atoms with Crippen molar-refractivity contribution in [3.63, 3.8) is 0 Å². The third-order valence-corrected chi connectivity index (χ3v) is 6.01. The number of nitrogens with one attached hydrogen (secondary N) is 1. The van der Waals surface area contributed by atoms with E-state index in [0.717, 1.165) is 45.2 Å². The number of halogens is 2. The molecule has 4 aromatic rings. The molecule has 1 aromatic heterocycles. The standard InChI is InChI=1S/C24H21Br2N3O/c25-19-11-7-17(8-12-19)16-29-22-5-2-1-4-21(22)28-23(29)6-3-15-27-24(30)18-9-13-20(26)14-10-18/h1-2,4-5,7-14H,3,6,15-16H2,(H,27,30). The fourth-order valence-corrected chi connectivity index (χ4v) is 3.95. The molecule has 0 atom stereocenters. The van der Waals surface area contributed by atoms with Gasteiger partial charge in [0.15, 0.2) is 0 Å². The average Bonchev–Trinajstić information content (AvgIpc) is 3.10. The molecule has 4 rings (SSSR count). The Bertz CT molecular complexity index is 1150. The maximum Gasteiger partial charge on any atom is 0.251 e. The van der Waals surface area contributed by atoms with E-state index in [0.29, 0.717) is 12.1 Å². The molecule has 3 aromatic carbocycles. The van der Waals surface area contributed by atoms with Crippen LogP contribution in [0.3, 0.4) is 0 Å². The molecule has 0 fully saturated rings. The topological polar surface area (TPSA) is 46.9 Å². The first-order valence-corrected chi connectivity index (χ1v) is 11.4. The fourth-order valence-electron chi connectivity index (χ4n) is 3.42. The molecule has 152 valence electrons. The lowest BCUT2D eigenvalue weighted by molar-refractivity contribution is 0.0953. The monoisotopic (exact) mass is 525 g/mol. The van der Waals surface area contributed by atoms with Crippen LogP contribution in [0.2, 0.25) is 0 Å². The summed E-state index contributed by atoms with van der Waals surface area (Å²) in [6.45, 7) is 1.38. The van der Waals surface area contributed by atoms with Gasteiger partial charge in [-0.15, -0.1) is 0 Å². The lowest BCUT2D eigenvalue weighted by Gasteiger charge is -2.10. The van der Waals surface area contributed by atoms with Gasteiger partial charge >= 0.3 is 0 Å². The predicted molar refractivity (Wildman–Crippen MR) is 128 cm³/mol. The summed E-state index contributed by atoms with van der Waals surface area (Å²) < 4.78 is 4.31. The second-order valence-corrected chi connectivity index (χ2v) is 8.93. The Morgan fingerprint density at radius 1 is 0.900 bits per heavy atom. The molecule has 1 amide bonds. The number of carbonyl (C=O) groups excluding carboxylic acids is 1. The van der Waals surface area contributed by atoms with Gasteiger partial charge < -0.3 is 9.88 Å². The van der Waals surface area contributed by atoms with Gasteiger partial charge in [-0.2, -0.15) is 0 Å². The van der Waals surface area contributed by atoms with Crippen LogP contribution in [0.4, 0.5) is 0 Å². The third-order valence-electron chi connectivity index (χ3n) is 4.96. The smallest absolute Gasteiger partial charge is 0.251 e. The minimum Gasteiger partial charge on any atom is -0.352 e. The van der Waals surface area contributed by atoms with Crippen molar-refractivity contribution in [1.82, 2.24) is 14.9 Å². The van der Waals surface area contributed by atoms with Gasteiger partial charge in [-0.3, -0.25) is 4.79 Å².